The first-order chi connectivity index (χ1) is 10.6. The number of nitrogens with two attached hydrogens (primary N) is 1. The van der Waals surface area contributed by atoms with Crippen molar-refractivity contribution in [3.05, 3.63) is 41.4 Å². The Labute approximate surface area is 156 Å². The Balaban J connectivity index is 0.00000264. The summed E-state index contributed by atoms with van der Waals surface area (Å²) in [6.07, 6.45) is 3.79. The number of fused-ring (bicyclic) bond motifs is 1. The lowest BCUT2D eigenvalue weighted by molar-refractivity contribution is 0.573. The molecule has 2 rings (SSSR count). The van der Waals surface area contributed by atoms with Crippen LogP contribution in [0, 0.1) is 0 Å². The van der Waals surface area contributed by atoms with E-state index in [9.17, 15) is 8.42 Å². The van der Waals surface area contributed by atoms with Crippen LogP contribution in [0.5, 0.6) is 0 Å². The molecule has 0 aromatic heterocycles. The van der Waals surface area contributed by atoms with E-state index in [0.29, 0.717) is 23.5 Å². The van der Waals surface area contributed by atoms with Crippen LogP contribution in [0.3, 0.4) is 0 Å². The smallest absolute Gasteiger partial charge is 0.241 e. The Morgan fingerprint density at radius 3 is 2.29 bits per heavy atom. The van der Waals surface area contributed by atoms with Crippen molar-refractivity contribution in [1.82, 2.24) is 4.72 Å². The van der Waals surface area contributed by atoms with Gasteiger partial charge < -0.3 is 5.73 Å². The molecule has 4 nitrogen and oxygen atoms in total. The molecule has 7 heteroatoms. The second kappa shape index (κ2) is 10.9. The van der Waals surface area contributed by atoms with E-state index in [1.165, 1.54) is 0 Å². The van der Waals surface area contributed by atoms with Crippen molar-refractivity contribution >= 4 is 44.8 Å². The Kier molecular flexibility index (Phi) is 10.5. The Hall–Kier alpha value is -0.850. The topological polar surface area (TPSA) is 72.2 Å². The summed E-state index contributed by atoms with van der Waals surface area (Å²) in [6.45, 7) is 1.12. The maximum Gasteiger partial charge on any atom is 0.241 e. The van der Waals surface area contributed by atoms with Gasteiger partial charge in [-0.1, -0.05) is 56.1 Å². The van der Waals surface area contributed by atoms with Crippen LogP contribution in [0.2, 0.25) is 5.02 Å². The third kappa shape index (κ3) is 5.90. The summed E-state index contributed by atoms with van der Waals surface area (Å²) in [4.78, 5) is 0.273. The number of rotatable bonds is 8. The van der Waals surface area contributed by atoms with Crippen LogP contribution in [0.15, 0.2) is 41.3 Å². The van der Waals surface area contributed by atoms with Crippen molar-refractivity contribution in [3.8, 4) is 0 Å². The highest BCUT2D eigenvalue weighted by Crippen LogP contribution is 2.28. The van der Waals surface area contributed by atoms with E-state index in [2.05, 4.69) is 4.72 Å². The van der Waals surface area contributed by atoms with Crippen molar-refractivity contribution in [3.63, 3.8) is 0 Å². The van der Waals surface area contributed by atoms with Gasteiger partial charge in [0.05, 0.1) is 4.90 Å². The molecule has 2 aromatic rings. The van der Waals surface area contributed by atoms with Gasteiger partial charge in [0.2, 0.25) is 10.0 Å². The summed E-state index contributed by atoms with van der Waals surface area (Å²) in [5.41, 5.74) is 5.43. The molecular formula is C17H26Cl2N2O2S. The van der Waals surface area contributed by atoms with Gasteiger partial charge in [-0.25, -0.2) is 13.1 Å². The Morgan fingerprint density at radius 2 is 1.58 bits per heavy atom. The van der Waals surface area contributed by atoms with E-state index in [1.807, 2.05) is 6.07 Å². The molecule has 0 radical (unpaired) electrons. The predicted octanol–water partition coefficient (Wildman–Crippen LogP) is 4.35. The highest BCUT2D eigenvalue weighted by Gasteiger charge is 2.17. The molecule has 0 amide bonds. The lowest BCUT2D eigenvalue weighted by Crippen LogP contribution is -2.25. The molecule has 0 saturated heterocycles. The third-order valence-corrected chi connectivity index (χ3v) is 5.39. The maximum atomic E-state index is 12.5. The zero-order chi connectivity index (χ0) is 16.0. The lowest BCUT2D eigenvalue weighted by Gasteiger charge is -2.10. The number of hydrogen-bond donors (Lipinski definition) is 2. The van der Waals surface area contributed by atoms with Crippen LogP contribution in [0.1, 0.15) is 33.1 Å². The van der Waals surface area contributed by atoms with E-state index in [-0.39, 0.29) is 24.7 Å². The summed E-state index contributed by atoms with van der Waals surface area (Å²) in [5, 5.41) is 1.94. The van der Waals surface area contributed by atoms with Crippen LogP contribution >= 0.6 is 24.0 Å². The SMILES string of the molecule is C.Cl.NCCCCCCNS(=O)(=O)c1cccc2c(Cl)cccc12. The van der Waals surface area contributed by atoms with Gasteiger partial charge in [-0.15, -0.1) is 12.4 Å². The molecule has 0 fully saturated rings. The number of unbranched alkanes of at least 4 members (excludes halogenated alkanes) is 3. The number of halogens is 2. The second-order valence-corrected chi connectivity index (χ2v) is 7.33. The number of hydrogen-bond acceptors (Lipinski definition) is 3. The molecule has 0 atom stereocenters. The van der Waals surface area contributed by atoms with E-state index in [4.69, 9.17) is 17.3 Å². The summed E-state index contributed by atoms with van der Waals surface area (Å²) in [7, 11) is -3.53. The van der Waals surface area contributed by atoms with Gasteiger partial charge in [-0.2, -0.15) is 0 Å². The van der Waals surface area contributed by atoms with Gasteiger partial charge in [-0.05, 0) is 31.5 Å². The van der Waals surface area contributed by atoms with Crippen molar-refractivity contribution in [2.75, 3.05) is 13.1 Å². The predicted molar refractivity (Wildman–Crippen MR) is 106 cm³/mol. The van der Waals surface area contributed by atoms with Gasteiger partial charge in [0.25, 0.3) is 0 Å². The molecule has 0 spiro atoms. The van der Waals surface area contributed by atoms with Gasteiger partial charge in [0.1, 0.15) is 0 Å². The Bertz CT molecular complexity index is 736. The van der Waals surface area contributed by atoms with Crippen LogP contribution < -0.4 is 10.5 Å². The maximum absolute atomic E-state index is 12.5. The zero-order valence-corrected chi connectivity index (χ0v) is 15.2. The fourth-order valence-corrected chi connectivity index (χ4v) is 3.92. The van der Waals surface area contributed by atoms with Crippen molar-refractivity contribution in [2.24, 2.45) is 5.73 Å². The molecule has 136 valence electrons. The molecule has 24 heavy (non-hydrogen) atoms. The second-order valence-electron chi connectivity index (χ2n) is 5.19. The van der Waals surface area contributed by atoms with Gasteiger partial charge in [-0.3, -0.25) is 0 Å². The molecule has 0 aliphatic rings. The molecule has 0 aliphatic heterocycles. The largest absolute Gasteiger partial charge is 0.330 e. The Morgan fingerprint density at radius 1 is 0.958 bits per heavy atom. The fraction of sp³-hybridized carbons (Fsp3) is 0.412. The fourth-order valence-electron chi connectivity index (χ4n) is 2.38. The summed E-state index contributed by atoms with van der Waals surface area (Å²) < 4.78 is 27.6. The van der Waals surface area contributed by atoms with E-state index in [0.717, 1.165) is 31.1 Å². The molecule has 0 saturated carbocycles. The quantitative estimate of drug-likeness (QED) is 0.655. The molecular weight excluding hydrogens is 367 g/mol. The normalized spacial score (nSPS) is 10.9. The molecule has 3 N–H and O–H groups in total. The molecule has 2 aromatic carbocycles. The van der Waals surface area contributed by atoms with Crippen LogP contribution in [-0.4, -0.2) is 21.5 Å². The highest BCUT2D eigenvalue weighted by atomic mass is 35.5. The lowest BCUT2D eigenvalue weighted by atomic mass is 10.1. The van der Waals surface area contributed by atoms with Crippen molar-refractivity contribution in [2.45, 2.75) is 38.0 Å². The minimum absolute atomic E-state index is 0. The third-order valence-electron chi connectivity index (χ3n) is 3.54. The first-order valence-electron chi connectivity index (χ1n) is 7.43. The first-order valence-corrected chi connectivity index (χ1v) is 9.29. The first kappa shape index (κ1) is 23.1. The monoisotopic (exact) mass is 392 g/mol. The number of sulfonamides is 1. The molecule has 0 heterocycles. The van der Waals surface area contributed by atoms with E-state index < -0.39 is 10.0 Å². The minimum Gasteiger partial charge on any atom is -0.330 e. The zero-order valence-electron chi connectivity index (χ0n) is 12.8. The van der Waals surface area contributed by atoms with Crippen LogP contribution in [0.4, 0.5) is 0 Å². The average Bonchev–Trinajstić information content (AvgIpc) is 2.50. The number of benzene rings is 2. The van der Waals surface area contributed by atoms with Crippen molar-refractivity contribution < 1.29 is 8.42 Å². The molecule has 0 bridgehead atoms. The summed E-state index contributed by atoms with van der Waals surface area (Å²) in [5.74, 6) is 0. The average molecular weight is 393 g/mol. The summed E-state index contributed by atoms with van der Waals surface area (Å²) >= 11 is 6.13. The van der Waals surface area contributed by atoms with Crippen LogP contribution in [-0.2, 0) is 10.0 Å². The van der Waals surface area contributed by atoms with Crippen molar-refractivity contribution in [1.29, 1.82) is 0 Å². The molecule has 0 aliphatic carbocycles. The van der Waals surface area contributed by atoms with E-state index >= 15 is 0 Å². The van der Waals surface area contributed by atoms with Gasteiger partial charge in [0, 0.05) is 22.3 Å². The standard InChI is InChI=1S/C16H21ClN2O2S.CH4.ClH/c17-15-9-5-8-14-13(15)7-6-10-16(14)22(20,21)19-12-4-2-1-3-11-18;;/h5-10,19H,1-4,11-12,18H2;1H4;1H. The number of nitrogens with one attached hydrogen (secondary N) is 1. The molecule has 0 unspecified atom stereocenters. The highest BCUT2D eigenvalue weighted by molar-refractivity contribution is 7.89. The van der Waals surface area contributed by atoms with Crippen LogP contribution in [0.25, 0.3) is 10.8 Å². The van der Waals surface area contributed by atoms with E-state index in [1.54, 1.807) is 30.3 Å². The van der Waals surface area contributed by atoms with Gasteiger partial charge >= 0.3 is 0 Å². The minimum atomic E-state index is -3.53. The summed E-state index contributed by atoms with van der Waals surface area (Å²) in [6, 6.07) is 10.4. The van der Waals surface area contributed by atoms with Gasteiger partial charge in [0.15, 0.2) is 0 Å².